The van der Waals surface area contributed by atoms with E-state index < -0.39 is 0 Å². The van der Waals surface area contributed by atoms with Gasteiger partial charge in [0, 0.05) is 24.9 Å². The smallest absolute Gasteiger partial charge is 0.225 e. The van der Waals surface area contributed by atoms with Crippen molar-refractivity contribution >= 4 is 5.91 Å². The summed E-state index contributed by atoms with van der Waals surface area (Å²) < 4.78 is 5.87. The molecular formula is C14H23NO2. The topological polar surface area (TPSA) is 29.5 Å². The predicted molar refractivity (Wildman–Crippen MR) is 65.5 cm³/mol. The van der Waals surface area contributed by atoms with Gasteiger partial charge in [-0.15, -0.1) is 0 Å². The molecule has 3 heteroatoms. The second-order valence-electron chi connectivity index (χ2n) is 6.33. The Hall–Kier alpha value is -0.570. The minimum Gasteiger partial charge on any atom is -0.375 e. The Morgan fingerprint density at radius 1 is 1.24 bits per heavy atom. The predicted octanol–water partition coefficient (Wildman–Crippen LogP) is 2.06. The Kier molecular flexibility index (Phi) is 2.89. The van der Waals surface area contributed by atoms with Crippen LogP contribution in [-0.2, 0) is 9.53 Å². The molecule has 1 aliphatic carbocycles. The van der Waals surface area contributed by atoms with Crippen LogP contribution >= 0.6 is 0 Å². The second kappa shape index (κ2) is 4.27. The van der Waals surface area contributed by atoms with E-state index in [0.717, 1.165) is 44.7 Å². The fourth-order valence-corrected chi connectivity index (χ4v) is 3.76. The summed E-state index contributed by atoms with van der Waals surface area (Å²) in [7, 11) is 0. The Bertz CT molecular complexity index is 311. The molecule has 3 rings (SSSR count). The number of carbonyl (C=O) groups is 1. The van der Waals surface area contributed by atoms with E-state index in [1.165, 1.54) is 0 Å². The zero-order valence-corrected chi connectivity index (χ0v) is 10.9. The van der Waals surface area contributed by atoms with Crippen LogP contribution in [0.25, 0.3) is 0 Å². The van der Waals surface area contributed by atoms with E-state index in [1.807, 2.05) is 0 Å². The summed E-state index contributed by atoms with van der Waals surface area (Å²) in [5.41, 5.74) is 0. The average Bonchev–Trinajstić information content (AvgIpc) is 2.62. The maximum Gasteiger partial charge on any atom is 0.225 e. The van der Waals surface area contributed by atoms with Crippen LogP contribution in [0.15, 0.2) is 0 Å². The lowest BCUT2D eigenvalue weighted by molar-refractivity contribution is -0.142. The molecule has 96 valence electrons. The van der Waals surface area contributed by atoms with Crippen LogP contribution in [0.3, 0.4) is 0 Å². The van der Waals surface area contributed by atoms with Gasteiger partial charge < -0.3 is 9.64 Å². The van der Waals surface area contributed by atoms with Gasteiger partial charge in [-0.2, -0.15) is 0 Å². The molecule has 17 heavy (non-hydrogen) atoms. The Morgan fingerprint density at radius 2 is 2.00 bits per heavy atom. The summed E-state index contributed by atoms with van der Waals surface area (Å²) in [4.78, 5) is 14.4. The summed E-state index contributed by atoms with van der Waals surface area (Å²) >= 11 is 0. The van der Waals surface area contributed by atoms with Crippen molar-refractivity contribution in [1.82, 2.24) is 4.90 Å². The van der Waals surface area contributed by atoms with Gasteiger partial charge in [0.1, 0.15) is 0 Å². The zero-order chi connectivity index (χ0) is 12.0. The minimum absolute atomic E-state index is 0.335. The van der Waals surface area contributed by atoms with Gasteiger partial charge in [0.05, 0.1) is 12.2 Å². The van der Waals surface area contributed by atoms with Gasteiger partial charge in [-0.3, -0.25) is 4.79 Å². The van der Waals surface area contributed by atoms with Crippen molar-refractivity contribution in [2.75, 3.05) is 13.1 Å². The largest absolute Gasteiger partial charge is 0.375 e. The number of amides is 1. The quantitative estimate of drug-likeness (QED) is 0.698. The molecule has 1 saturated carbocycles. The maximum absolute atomic E-state index is 12.3. The molecule has 2 heterocycles. The highest BCUT2D eigenvalue weighted by Crippen LogP contribution is 2.37. The number of rotatable bonds is 1. The third-order valence-electron chi connectivity index (χ3n) is 4.74. The first-order chi connectivity index (χ1) is 8.13. The molecule has 2 aliphatic heterocycles. The average molecular weight is 237 g/mol. The third kappa shape index (κ3) is 2.10. The molecule has 0 aromatic carbocycles. The number of likely N-dealkylation sites (tertiary alicyclic amines) is 1. The minimum atomic E-state index is 0.335. The molecule has 0 aromatic heterocycles. The van der Waals surface area contributed by atoms with Gasteiger partial charge >= 0.3 is 0 Å². The van der Waals surface area contributed by atoms with Crippen LogP contribution in [0.5, 0.6) is 0 Å². The molecule has 0 aromatic rings. The van der Waals surface area contributed by atoms with Crippen LogP contribution < -0.4 is 0 Å². The van der Waals surface area contributed by atoms with Crippen LogP contribution in [0.4, 0.5) is 0 Å². The SMILES string of the molecule is CC1CC(C(=O)N2CC[C@@H]3O[C@@H](C)C[C@H]3C2)C1. The van der Waals surface area contributed by atoms with Crippen molar-refractivity contribution < 1.29 is 9.53 Å². The highest BCUT2D eigenvalue weighted by atomic mass is 16.5. The number of nitrogens with zero attached hydrogens (tertiary/aromatic N) is 1. The molecular weight excluding hydrogens is 214 g/mol. The third-order valence-corrected chi connectivity index (χ3v) is 4.74. The van der Waals surface area contributed by atoms with Crippen molar-refractivity contribution in [2.24, 2.45) is 17.8 Å². The number of ether oxygens (including phenoxy) is 1. The molecule has 3 aliphatic rings. The molecule has 1 amide bonds. The lowest BCUT2D eigenvalue weighted by Crippen LogP contribution is -2.48. The van der Waals surface area contributed by atoms with E-state index in [1.54, 1.807) is 0 Å². The Balaban J connectivity index is 1.57. The van der Waals surface area contributed by atoms with Crippen molar-refractivity contribution in [1.29, 1.82) is 0 Å². The fourth-order valence-electron chi connectivity index (χ4n) is 3.76. The standard InChI is InChI=1S/C14H23NO2/c1-9-5-11(6-9)14(16)15-4-3-13-12(8-15)7-10(2)17-13/h9-13H,3-8H2,1-2H3/t9?,10-,11?,12-,13-/m0/s1. The lowest BCUT2D eigenvalue weighted by atomic mass is 9.75. The van der Waals surface area contributed by atoms with E-state index in [4.69, 9.17) is 4.74 Å². The van der Waals surface area contributed by atoms with Gasteiger partial charge in [-0.25, -0.2) is 0 Å². The summed E-state index contributed by atoms with van der Waals surface area (Å²) in [6.07, 6.45) is 5.21. The van der Waals surface area contributed by atoms with Gasteiger partial charge in [0.2, 0.25) is 5.91 Å². The molecule has 3 atom stereocenters. The van der Waals surface area contributed by atoms with Crippen LogP contribution in [-0.4, -0.2) is 36.1 Å². The Labute approximate surface area is 104 Å². The number of fused-ring (bicyclic) bond motifs is 1. The summed E-state index contributed by atoms with van der Waals surface area (Å²) in [5.74, 6) is 2.11. The summed E-state index contributed by atoms with van der Waals surface area (Å²) in [6.45, 7) is 6.25. The molecule has 0 N–H and O–H groups in total. The first kappa shape index (κ1) is 11.5. The van der Waals surface area contributed by atoms with Gasteiger partial charge in [-0.1, -0.05) is 6.92 Å². The first-order valence-electron chi connectivity index (χ1n) is 7.07. The summed E-state index contributed by atoms with van der Waals surface area (Å²) in [5, 5.41) is 0. The van der Waals surface area contributed by atoms with Crippen molar-refractivity contribution in [3.8, 4) is 0 Å². The van der Waals surface area contributed by atoms with Crippen LogP contribution in [0, 0.1) is 17.8 Å². The first-order valence-corrected chi connectivity index (χ1v) is 7.07. The van der Waals surface area contributed by atoms with E-state index in [-0.39, 0.29) is 0 Å². The molecule has 2 saturated heterocycles. The molecule has 3 nitrogen and oxygen atoms in total. The van der Waals surface area contributed by atoms with Crippen molar-refractivity contribution in [2.45, 2.75) is 51.7 Å². The molecule has 0 unspecified atom stereocenters. The maximum atomic E-state index is 12.3. The zero-order valence-electron chi connectivity index (χ0n) is 10.9. The van der Waals surface area contributed by atoms with Crippen molar-refractivity contribution in [3.63, 3.8) is 0 Å². The number of carbonyl (C=O) groups excluding carboxylic acids is 1. The fraction of sp³-hybridized carbons (Fsp3) is 0.929. The molecule has 0 spiro atoms. The molecule has 0 bridgehead atoms. The van der Waals surface area contributed by atoms with E-state index in [0.29, 0.717) is 30.0 Å². The Morgan fingerprint density at radius 3 is 2.71 bits per heavy atom. The van der Waals surface area contributed by atoms with Crippen LogP contribution in [0.1, 0.15) is 39.5 Å². The van der Waals surface area contributed by atoms with E-state index >= 15 is 0 Å². The number of hydrogen-bond acceptors (Lipinski definition) is 2. The van der Waals surface area contributed by atoms with Crippen molar-refractivity contribution in [3.05, 3.63) is 0 Å². The highest BCUT2D eigenvalue weighted by Gasteiger charge is 2.41. The van der Waals surface area contributed by atoms with E-state index in [2.05, 4.69) is 18.7 Å². The lowest BCUT2D eigenvalue weighted by Gasteiger charge is -2.40. The normalized spacial score (nSPS) is 45.3. The van der Waals surface area contributed by atoms with Gasteiger partial charge in [-0.05, 0) is 38.5 Å². The number of hydrogen-bond donors (Lipinski definition) is 0. The van der Waals surface area contributed by atoms with Gasteiger partial charge in [0.15, 0.2) is 0 Å². The van der Waals surface area contributed by atoms with E-state index in [9.17, 15) is 4.79 Å². The van der Waals surface area contributed by atoms with Gasteiger partial charge in [0.25, 0.3) is 0 Å². The molecule has 3 fully saturated rings. The monoisotopic (exact) mass is 237 g/mol. The van der Waals surface area contributed by atoms with Crippen LogP contribution in [0.2, 0.25) is 0 Å². The molecule has 0 radical (unpaired) electrons. The summed E-state index contributed by atoms with van der Waals surface area (Å²) in [6, 6.07) is 0. The second-order valence-corrected chi connectivity index (χ2v) is 6.33. The highest BCUT2D eigenvalue weighted by molar-refractivity contribution is 5.79. The number of piperidine rings is 1.